The number of carbonyl (C=O) groups excluding carboxylic acids is 1. The Kier molecular flexibility index (Phi) is 5.44. The van der Waals surface area contributed by atoms with Gasteiger partial charge in [-0.25, -0.2) is 0 Å². The van der Waals surface area contributed by atoms with E-state index >= 15 is 0 Å². The second-order valence-electron chi connectivity index (χ2n) is 7.68. The molecule has 5 nitrogen and oxygen atoms in total. The molecule has 3 aliphatic rings. The molecule has 1 aromatic carbocycles. The van der Waals surface area contributed by atoms with Crippen LogP contribution in [0, 0.1) is 5.92 Å². The Morgan fingerprint density at radius 2 is 1.88 bits per heavy atom. The largest absolute Gasteiger partial charge is 0.454 e. The molecule has 4 rings (SSSR count). The first-order chi connectivity index (χ1) is 12.8. The second kappa shape index (κ2) is 8.12. The summed E-state index contributed by atoms with van der Waals surface area (Å²) in [7, 11) is 0. The molecule has 0 atom stereocenters. The van der Waals surface area contributed by atoms with Crippen molar-refractivity contribution in [3.05, 3.63) is 29.8 Å². The van der Waals surface area contributed by atoms with E-state index in [4.69, 9.17) is 9.47 Å². The van der Waals surface area contributed by atoms with Crippen molar-refractivity contribution >= 4 is 12.0 Å². The lowest BCUT2D eigenvalue weighted by atomic mass is 10.0. The highest BCUT2D eigenvalue weighted by molar-refractivity contribution is 5.92. The van der Waals surface area contributed by atoms with Gasteiger partial charge < -0.3 is 19.7 Å². The molecule has 2 aliphatic heterocycles. The van der Waals surface area contributed by atoms with Crippen molar-refractivity contribution in [2.24, 2.45) is 5.92 Å². The average molecular weight is 356 g/mol. The van der Waals surface area contributed by atoms with Crippen LogP contribution in [0.25, 0.3) is 6.08 Å². The van der Waals surface area contributed by atoms with Gasteiger partial charge in [0.05, 0.1) is 0 Å². The van der Waals surface area contributed by atoms with Crippen LogP contribution in [-0.4, -0.2) is 43.3 Å². The third-order valence-electron chi connectivity index (χ3n) is 5.75. The van der Waals surface area contributed by atoms with E-state index < -0.39 is 0 Å². The van der Waals surface area contributed by atoms with Gasteiger partial charge in [-0.1, -0.05) is 18.9 Å². The molecule has 1 saturated carbocycles. The number of nitrogens with zero attached hydrogens (tertiary/aromatic N) is 1. The number of piperidine rings is 1. The first-order valence-corrected chi connectivity index (χ1v) is 9.87. The lowest BCUT2D eigenvalue weighted by molar-refractivity contribution is -0.117. The second-order valence-corrected chi connectivity index (χ2v) is 7.68. The average Bonchev–Trinajstić information content (AvgIpc) is 3.33. The maximum atomic E-state index is 12.2. The van der Waals surface area contributed by atoms with Gasteiger partial charge in [0.2, 0.25) is 12.7 Å². The number of fused-ring (bicyclic) bond motifs is 1. The zero-order chi connectivity index (χ0) is 17.8. The van der Waals surface area contributed by atoms with Gasteiger partial charge in [0.1, 0.15) is 0 Å². The molecule has 1 aromatic rings. The highest BCUT2D eigenvalue weighted by atomic mass is 16.7. The van der Waals surface area contributed by atoms with Gasteiger partial charge in [0.25, 0.3) is 0 Å². The van der Waals surface area contributed by atoms with E-state index in [-0.39, 0.29) is 12.7 Å². The molecule has 1 N–H and O–H groups in total. The maximum Gasteiger partial charge on any atom is 0.244 e. The summed E-state index contributed by atoms with van der Waals surface area (Å²) in [5, 5.41) is 3.15. The Morgan fingerprint density at radius 1 is 1.12 bits per heavy atom. The molecule has 2 heterocycles. The predicted octanol–water partition coefficient (Wildman–Crippen LogP) is 3.20. The Hall–Kier alpha value is -2.01. The number of nitrogens with one attached hydrogen (secondary N) is 1. The van der Waals surface area contributed by atoms with Crippen LogP contribution in [0.2, 0.25) is 0 Å². The summed E-state index contributed by atoms with van der Waals surface area (Å²) >= 11 is 0. The summed E-state index contributed by atoms with van der Waals surface area (Å²) in [6.07, 6.45) is 11.2. The number of ether oxygens (including phenoxy) is 2. The van der Waals surface area contributed by atoms with Gasteiger partial charge in [0, 0.05) is 31.8 Å². The Bertz CT molecular complexity index is 659. The molecule has 1 amide bonds. The smallest absolute Gasteiger partial charge is 0.244 e. The number of benzene rings is 1. The molecule has 5 heteroatoms. The first-order valence-electron chi connectivity index (χ1n) is 9.87. The number of likely N-dealkylation sites (tertiary alicyclic amines) is 1. The molecule has 140 valence electrons. The van der Waals surface area contributed by atoms with Crippen molar-refractivity contribution in [3.63, 3.8) is 0 Å². The van der Waals surface area contributed by atoms with E-state index in [1.807, 2.05) is 24.3 Å². The lowest BCUT2D eigenvalue weighted by Gasteiger charge is -2.33. The van der Waals surface area contributed by atoms with Crippen LogP contribution in [-0.2, 0) is 4.79 Å². The van der Waals surface area contributed by atoms with Crippen LogP contribution in [0.1, 0.15) is 44.1 Å². The van der Waals surface area contributed by atoms with E-state index in [9.17, 15) is 4.79 Å². The van der Waals surface area contributed by atoms with Gasteiger partial charge in [-0.2, -0.15) is 0 Å². The number of hydrogen-bond donors (Lipinski definition) is 1. The normalized spacial score (nSPS) is 21.5. The monoisotopic (exact) mass is 356 g/mol. The molecule has 0 radical (unpaired) electrons. The van der Waals surface area contributed by atoms with Crippen LogP contribution in [0.4, 0.5) is 0 Å². The summed E-state index contributed by atoms with van der Waals surface area (Å²) in [6, 6.07) is 6.00. The molecule has 26 heavy (non-hydrogen) atoms. The van der Waals surface area contributed by atoms with Gasteiger partial charge in [0.15, 0.2) is 11.5 Å². The first kappa shape index (κ1) is 17.4. The molecule has 2 fully saturated rings. The molecule has 0 unspecified atom stereocenters. The fourth-order valence-corrected chi connectivity index (χ4v) is 4.26. The summed E-state index contributed by atoms with van der Waals surface area (Å²) in [6.45, 7) is 3.73. The van der Waals surface area contributed by atoms with Crippen molar-refractivity contribution in [1.82, 2.24) is 10.2 Å². The van der Waals surface area contributed by atoms with Crippen molar-refractivity contribution in [2.75, 3.05) is 26.4 Å². The lowest BCUT2D eigenvalue weighted by Crippen LogP contribution is -2.45. The van der Waals surface area contributed by atoms with E-state index in [1.54, 1.807) is 6.08 Å². The molecule has 0 aromatic heterocycles. The molecule has 1 saturated heterocycles. The number of amides is 1. The zero-order valence-electron chi connectivity index (χ0n) is 15.3. The minimum atomic E-state index is -0.0168. The van der Waals surface area contributed by atoms with Crippen molar-refractivity contribution in [3.8, 4) is 11.5 Å². The molecule has 0 bridgehead atoms. The summed E-state index contributed by atoms with van der Waals surface area (Å²) in [4.78, 5) is 14.8. The highest BCUT2D eigenvalue weighted by Gasteiger charge is 2.23. The molecular weight excluding hydrogens is 328 g/mol. The van der Waals surface area contributed by atoms with E-state index in [1.165, 1.54) is 32.2 Å². The fraction of sp³-hybridized carbons (Fsp3) is 0.571. The number of rotatable bonds is 5. The highest BCUT2D eigenvalue weighted by Crippen LogP contribution is 2.32. The van der Waals surface area contributed by atoms with Crippen molar-refractivity contribution in [2.45, 2.75) is 44.6 Å². The van der Waals surface area contributed by atoms with Crippen LogP contribution in [0.5, 0.6) is 11.5 Å². The van der Waals surface area contributed by atoms with Gasteiger partial charge in [-0.05, 0) is 55.4 Å². The maximum absolute atomic E-state index is 12.2. The van der Waals surface area contributed by atoms with Crippen LogP contribution in [0.15, 0.2) is 24.3 Å². The fourth-order valence-electron chi connectivity index (χ4n) is 4.26. The van der Waals surface area contributed by atoms with Gasteiger partial charge in [-0.15, -0.1) is 0 Å². The molecule has 1 aliphatic carbocycles. The van der Waals surface area contributed by atoms with E-state index in [2.05, 4.69) is 10.2 Å². The Morgan fingerprint density at radius 3 is 2.69 bits per heavy atom. The summed E-state index contributed by atoms with van der Waals surface area (Å²) in [5.74, 6) is 2.39. The number of hydrogen-bond acceptors (Lipinski definition) is 4. The van der Waals surface area contributed by atoms with Gasteiger partial charge in [-0.3, -0.25) is 4.79 Å². The Balaban J connectivity index is 1.21. The quantitative estimate of drug-likeness (QED) is 0.823. The minimum absolute atomic E-state index is 0.0168. The SMILES string of the molecule is O=C(/C=C/c1ccc2c(c1)OCO2)NC1CCN(CC2CCCC2)CC1. The van der Waals surface area contributed by atoms with Crippen LogP contribution >= 0.6 is 0 Å². The van der Waals surface area contributed by atoms with Gasteiger partial charge >= 0.3 is 0 Å². The zero-order valence-corrected chi connectivity index (χ0v) is 15.3. The van der Waals surface area contributed by atoms with Crippen molar-refractivity contribution in [1.29, 1.82) is 0 Å². The summed E-state index contributed by atoms with van der Waals surface area (Å²) in [5.41, 5.74) is 0.941. The topological polar surface area (TPSA) is 50.8 Å². The van der Waals surface area contributed by atoms with E-state index in [0.717, 1.165) is 48.9 Å². The third-order valence-corrected chi connectivity index (χ3v) is 5.75. The molecule has 0 spiro atoms. The van der Waals surface area contributed by atoms with Crippen molar-refractivity contribution < 1.29 is 14.3 Å². The minimum Gasteiger partial charge on any atom is -0.454 e. The summed E-state index contributed by atoms with van der Waals surface area (Å²) < 4.78 is 10.7. The van der Waals surface area contributed by atoms with Crippen LogP contribution in [0.3, 0.4) is 0 Å². The van der Waals surface area contributed by atoms with Crippen LogP contribution < -0.4 is 14.8 Å². The third kappa shape index (κ3) is 4.39. The number of carbonyl (C=O) groups is 1. The predicted molar refractivity (Wildman–Crippen MR) is 101 cm³/mol. The standard InChI is InChI=1S/C21H28N2O3/c24-21(8-6-16-5-7-19-20(13-16)26-15-25-19)22-18-9-11-23(12-10-18)14-17-3-1-2-4-17/h5-8,13,17-18H,1-4,9-12,14-15H2,(H,22,24)/b8-6+. The molecular formula is C21H28N2O3. The van der Waals surface area contributed by atoms with E-state index in [0.29, 0.717) is 6.04 Å². The Labute approximate surface area is 155 Å².